The second-order valence-electron chi connectivity index (χ2n) is 16.2. The minimum absolute atomic E-state index is 0.0215. The Morgan fingerprint density at radius 3 is 2.31 bits per heavy atom. The van der Waals surface area contributed by atoms with Crippen LogP contribution in [0.25, 0.3) is 0 Å². The van der Waals surface area contributed by atoms with Gasteiger partial charge in [0, 0.05) is 32.7 Å². The molecule has 6 rings (SSSR count). The molecule has 0 radical (unpaired) electrons. The second-order valence-corrected chi connectivity index (χ2v) is 20.0. The van der Waals surface area contributed by atoms with E-state index in [1.54, 1.807) is 66.7 Å². The number of nitrogens with one attached hydrogen (secondary N) is 1. The highest BCUT2D eigenvalue weighted by Gasteiger charge is 2.44. The average molecular weight is 934 g/mol. The van der Waals surface area contributed by atoms with Crippen LogP contribution >= 0.6 is 7.60 Å². The maximum absolute atomic E-state index is 14.2. The highest BCUT2D eigenvalue weighted by molar-refractivity contribution is 7.89. The first kappa shape index (κ1) is 49.1. The molecule has 7 atom stereocenters. The number of benzene rings is 3. The molecule has 3 heterocycles. The molecule has 64 heavy (non-hydrogen) atoms. The SMILES string of the molecule is COc1ccc(S(=O)(=O)N(CC(C)C)C[C@@H](O)[C@H](Cc2ccc(OCP(=O)(Oc3ccccc3)O[C@@H](C)C(=O)OCCN3CCOCC3)cc2)NC(=O)O[C@H]2CO[C@H]3OCC[C@H]32)cc1. The number of hydrogen-bond donors (Lipinski definition) is 2. The van der Waals surface area contributed by atoms with Crippen molar-refractivity contribution in [2.75, 3.05) is 79.2 Å². The predicted molar refractivity (Wildman–Crippen MR) is 233 cm³/mol. The van der Waals surface area contributed by atoms with Crippen LogP contribution < -0.4 is 19.3 Å². The summed E-state index contributed by atoms with van der Waals surface area (Å²) in [5.74, 6) is 0.0741. The van der Waals surface area contributed by atoms with Crippen molar-refractivity contribution in [3.05, 3.63) is 84.4 Å². The molecule has 18 nitrogen and oxygen atoms in total. The molecule has 2 N–H and O–H groups in total. The van der Waals surface area contributed by atoms with Crippen LogP contribution in [0.2, 0.25) is 0 Å². The Morgan fingerprint density at radius 2 is 1.62 bits per heavy atom. The zero-order valence-electron chi connectivity index (χ0n) is 36.7. The van der Waals surface area contributed by atoms with Crippen molar-refractivity contribution in [3.63, 3.8) is 0 Å². The number of rotatable bonds is 23. The van der Waals surface area contributed by atoms with Gasteiger partial charge in [-0.1, -0.05) is 44.2 Å². The van der Waals surface area contributed by atoms with E-state index in [0.29, 0.717) is 44.1 Å². The van der Waals surface area contributed by atoms with Gasteiger partial charge >= 0.3 is 19.7 Å². The van der Waals surface area contributed by atoms with Gasteiger partial charge in [0.25, 0.3) is 0 Å². The molecule has 0 bridgehead atoms. The first-order chi connectivity index (χ1) is 30.7. The molecule has 1 amide bonds. The van der Waals surface area contributed by atoms with Gasteiger partial charge in [-0.2, -0.15) is 4.31 Å². The predicted octanol–water partition coefficient (Wildman–Crippen LogP) is 4.69. The molecule has 20 heteroatoms. The van der Waals surface area contributed by atoms with Gasteiger partial charge in [0.1, 0.15) is 30.0 Å². The summed E-state index contributed by atoms with van der Waals surface area (Å²) in [4.78, 5) is 28.5. The molecule has 3 aromatic carbocycles. The van der Waals surface area contributed by atoms with Crippen LogP contribution in [0.3, 0.4) is 0 Å². The van der Waals surface area contributed by atoms with Crippen LogP contribution in [0.4, 0.5) is 4.79 Å². The topological polar surface area (TPSA) is 207 Å². The summed E-state index contributed by atoms with van der Waals surface area (Å²) in [6.07, 6.45) is -4.31. The van der Waals surface area contributed by atoms with E-state index in [9.17, 15) is 27.7 Å². The van der Waals surface area contributed by atoms with E-state index in [4.69, 9.17) is 42.2 Å². The van der Waals surface area contributed by atoms with E-state index in [-0.39, 0.29) is 61.0 Å². The number of aliphatic hydroxyl groups excluding tert-OH is 1. The molecular formula is C44H60N3O15PS. The fourth-order valence-corrected chi connectivity index (χ4v) is 10.5. The van der Waals surface area contributed by atoms with Crippen molar-refractivity contribution < 1.29 is 69.9 Å². The number of ether oxygens (including phenoxy) is 7. The first-order valence-electron chi connectivity index (χ1n) is 21.4. The van der Waals surface area contributed by atoms with Gasteiger partial charge in [-0.15, -0.1) is 0 Å². The molecule has 0 saturated carbocycles. The summed E-state index contributed by atoms with van der Waals surface area (Å²) in [6.45, 7) is 8.89. The lowest BCUT2D eigenvalue weighted by Crippen LogP contribution is -2.51. The zero-order valence-corrected chi connectivity index (χ0v) is 38.4. The van der Waals surface area contributed by atoms with Crippen molar-refractivity contribution in [2.24, 2.45) is 11.8 Å². The summed E-state index contributed by atoms with van der Waals surface area (Å²) in [6, 6.07) is 19.9. The third kappa shape index (κ3) is 14.1. The quantitative estimate of drug-likeness (QED) is 0.0977. The number of aliphatic hydroxyl groups is 1. The molecule has 0 aromatic heterocycles. The minimum Gasteiger partial charge on any atom is -0.497 e. The van der Waals surface area contributed by atoms with Crippen LogP contribution in [0, 0.1) is 11.8 Å². The van der Waals surface area contributed by atoms with Crippen LogP contribution in [0.5, 0.6) is 17.2 Å². The standard InChI is InChI=1S/C44H60N3O15PS/c1-31(2)27-47(64(52,53)37-16-14-34(54-4)15-17-37)28-40(48)39(45-44(50)60-41-29-58-43-38(41)18-22-57-43)26-33-10-12-35(13-11-33)59-30-63(51,62-36-8-6-5-7-9-36)61-32(3)42(49)56-25-21-46-19-23-55-24-20-46/h5-17,31-32,38-41,43,48H,18-30H2,1-4H3,(H,45,50)/t32-,38-,39-,40+,41-,43+,63?/m0/s1. The first-order valence-corrected chi connectivity index (χ1v) is 24.6. The molecule has 0 aliphatic carbocycles. The van der Waals surface area contributed by atoms with E-state index in [1.165, 1.54) is 30.5 Å². The number of morpholine rings is 1. The van der Waals surface area contributed by atoms with E-state index in [1.807, 2.05) is 13.8 Å². The number of carbonyl (C=O) groups excluding carboxylic acids is 2. The normalized spacial score (nSPS) is 21.3. The van der Waals surface area contributed by atoms with Crippen molar-refractivity contribution in [1.82, 2.24) is 14.5 Å². The lowest BCUT2D eigenvalue weighted by atomic mass is 10.0. The third-order valence-corrected chi connectivity index (χ3v) is 14.2. The molecule has 3 aliphatic heterocycles. The summed E-state index contributed by atoms with van der Waals surface area (Å²) in [5, 5.41) is 14.6. The van der Waals surface area contributed by atoms with Crippen LogP contribution in [0.1, 0.15) is 32.8 Å². The van der Waals surface area contributed by atoms with Gasteiger partial charge < -0.3 is 48.1 Å². The van der Waals surface area contributed by atoms with Crippen molar-refractivity contribution in [2.45, 2.75) is 69.2 Å². The number of carbonyl (C=O) groups is 2. The average Bonchev–Trinajstić information content (AvgIpc) is 3.91. The maximum atomic E-state index is 14.2. The van der Waals surface area contributed by atoms with Gasteiger partial charge in [0.15, 0.2) is 12.4 Å². The van der Waals surface area contributed by atoms with E-state index >= 15 is 0 Å². The Morgan fingerprint density at radius 1 is 0.922 bits per heavy atom. The van der Waals surface area contributed by atoms with E-state index in [2.05, 4.69) is 10.2 Å². The van der Waals surface area contributed by atoms with Gasteiger partial charge in [0.2, 0.25) is 16.4 Å². The van der Waals surface area contributed by atoms with Gasteiger partial charge in [0.05, 0.1) is 56.5 Å². The molecule has 3 aromatic rings. The lowest BCUT2D eigenvalue weighted by Gasteiger charge is -2.31. The molecule has 352 valence electrons. The van der Waals surface area contributed by atoms with E-state index in [0.717, 1.165) is 13.1 Å². The number of nitrogens with zero attached hydrogens (tertiary/aromatic N) is 2. The van der Waals surface area contributed by atoms with Crippen LogP contribution in [-0.4, -0.2) is 145 Å². The minimum atomic E-state index is -4.14. The molecular weight excluding hydrogens is 874 g/mol. The number of hydrogen-bond acceptors (Lipinski definition) is 16. The smallest absolute Gasteiger partial charge is 0.417 e. The lowest BCUT2D eigenvalue weighted by molar-refractivity contribution is -0.152. The fourth-order valence-electron chi connectivity index (χ4n) is 7.42. The Balaban J connectivity index is 1.14. The number of sulfonamides is 1. The largest absolute Gasteiger partial charge is 0.497 e. The second kappa shape index (κ2) is 23.2. The summed E-state index contributed by atoms with van der Waals surface area (Å²) >= 11 is 0. The maximum Gasteiger partial charge on any atom is 0.417 e. The summed E-state index contributed by atoms with van der Waals surface area (Å²) < 4.78 is 93.7. The van der Waals surface area contributed by atoms with Crippen molar-refractivity contribution >= 4 is 29.7 Å². The fraction of sp³-hybridized carbons (Fsp3) is 0.545. The number of esters is 1. The Hall–Kier alpha value is -4.30. The highest BCUT2D eigenvalue weighted by Crippen LogP contribution is 2.49. The van der Waals surface area contributed by atoms with Gasteiger partial charge in [-0.05, 0) is 79.8 Å². The summed E-state index contributed by atoms with van der Waals surface area (Å²) in [5.41, 5.74) is 0.631. The number of alkyl carbamates (subject to hydrolysis) is 1. The van der Waals surface area contributed by atoms with Gasteiger partial charge in [-0.3, -0.25) is 9.42 Å². The zero-order chi connectivity index (χ0) is 45.7. The van der Waals surface area contributed by atoms with Crippen molar-refractivity contribution in [3.8, 4) is 17.2 Å². The Kier molecular flexibility index (Phi) is 17.8. The third-order valence-electron chi connectivity index (χ3n) is 10.8. The molecule has 1 unspecified atom stereocenters. The van der Waals surface area contributed by atoms with Crippen molar-refractivity contribution in [1.29, 1.82) is 0 Å². The number of para-hydroxylation sites is 1. The van der Waals surface area contributed by atoms with E-state index < -0.39 is 66.7 Å². The monoisotopic (exact) mass is 933 g/mol. The van der Waals surface area contributed by atoms with Gasteiger partial charge in [-0.25, -0.2) is 22.6 Å². The Labute approximate surface area is 374 Å². The number of amides is 1. The molecule has 3 fully saturated rings. The number of methoxy groups -OCH3 is 1. The Bertz CT molecular complexity index is 2090. The number of fused-ring (bicyclic) bond motifs is 1. The molecule has 0 spiro atoms. The molecule has 3 saturated heterocycles. The summed E-state index contributed by atoms with van der Waals surface area (Å²) in [7, 11) is -6.75. The van der Waals surface area contributed by atoms with Crippen LogP contribution in [-0.2, 0) is 54.0 Å². The van der Waals surface area contributed by atoms with Crippen LogP contribution in [0.15, 0.2) is 83.8 Å². The highest BCUT2D eigenvalue weighted by atomic mass is 32.2. The molecule has 3 aliphatic rings.